The van der Waals surface area contributed by atoms with Crippen LogP contribution in [0.1, 0.15) is 10.4 Å². The summed E-state index contributed by atoms with van der Waals surface area (Å²) in [6.07, 6.45) is 0. The number of nitrogens with two attached hydrogens (primary N) is 2. The van der Waals surface area contributed by atoms with Crippen LogP contribution in [-0.4, -0.2) is 38.9 Å². The van der Waals surface area contributed by atoms with E-state index in [4.69, 9.17) is 11.5 Å². The fraction of sp³-hybridized carbons (Fsp3) is 0.364. The quantitative estimate of drug-likeness (QED) is 0.711. The van der Waals surface area contributed by atoms with Gasteiger partial charge in [-0.2, -0.15) is 0 Å². The van der Waals surface area contributed by atoms with Crippen LogP contribution in [0.15, 0.2) is 18.2 Å². The molecule has 1 aliphatic heterocycles. The van der Waals surface area contributed by atoms with Gasteiger partial charge in [-0.05, 0) is 12.1 Å². The number of primary amides is 1. The van der Waals surface area contributed by atoms with Crippen LogP contribution < -0.4 is 16.4 Å². The summed E-state index contributed by atoms with van der Waals surface area (Å²) in [4.78, 5) is 13.2. The van der Waals surface area contributed by atoms with Crippen molar-refractivity contribution < 1.29 is 13.2 Å². The average molecular weight is 269 g/mol. The van der Waals surface area contributed by atoms with E-state index in [0.717, 1.165) is 0 Å². The number of benzene rings is 1. The summed E-state index contributed by atoms with van der Waals surface area (Å²) in [7, 11) is -2.97. The molecule has 0 aliphatic carbocycles. The van der Waals surface area contributed by atoms with E-state index in [9.17, 15) is 13.2 Å². The van der Waals surface area contributed by atoms with E-state index in [-0.39, 0.29) is 11.5 Å². The van der Waals surface area contributed by atoms with Gasteiger partial charge >= 0.3 is 0 Å². The Bertz CT molecular complexity index is 569. The first kappa shape index (κ1) is 12.7. The van der Waals surface area contributed by atoms with Crippen LogP contribution in [0.2, 0.25) is 0 Å². The normalized spacial score (nSPS) is 18.6. The molecule has 98 valence electrons. The number of sulfone groups is 1. The summed E-state index contributed by atoms with van der Waals surface area (Å²) >= 11 is 0. The molecule has 7 heteroatoms. The van der Waals surface area contributed by atoms with Gasteiger partial charge in [0.05, 0.1) is 28.4 Å². The van der Waals surface area contributed by atoms with Crippen LogP contribution in [0.3, 0.4) is 0 Å². The molecule has 1 heterocycles. The maximum atomic E-state index is 11.4. The second kappa shape index (κ2) is 4.49. The van der Waals surface area contributed by atoms with Gasteiger partial charge in [0.2, 0.25) is 0 Å². The minimum absolute atomic E-state index is 0.0690. The number of carbonyl (C=O) groups excluding carboxylic acids is 1. The number of hydrogen-bond donors (Lipinski definition) is 2. The standard InChI is InChI=1S/C11H15N3O3S/c12-9-3-1-2-8(11(13)15)10(9)14-4-6-18(16,17)7-5-14/h1-3H,4-7,12H2,(H2,13,15). The van der Waals surface area contributed by atoms with Crippen LogP contribution in [0.5, 0.6) is 0 Å². The van der Waals surface area contributed by atoms with Crippen molar-refractivity contribution in [1.29, 1.82) is 0 Å². The molecule has 0 aromatic heterocycles. The second-order valence-electron chi connectivity index (χ2n) is 4.25. The monoisotopic (exact) mass is 269 g/mol. The van der Waals surface area contributed by atoms with Gasteiger partial charge in [0.15, 0.2) is 9.84 Å². The minimum atomic E-state index is -2.97. The van der Waals surface area contributed by atoms with Gasteiger partial charge in [0, 0.05) is 13.1 Å². The number of nitrogen functional groups attached to an aromatic ring is 1. The zero-order valence-corrected chi connectivity index (χ0v) is 10.6. The summed E-state index contributed by atoms with van der Waals surface area (Å²) < 4.78 is 22.8. The van der Waals surface area contributed by atoms with Gasteiger partial charge < -0.3 is 16.4 Å². The van der Waals surface area contributed by atoms with Crippen molar-refractivity contribution in [2.45, 2.75) is 0 Å². The number of amides is 1. The van der Waals surface area contributed by atoms with Crippen LogP contribution in [0, 0.1) is 0 Å². The predicted molar refractivity (Wildman–Crippen MR) is 70.2 cm³/mol. The first-order chi connectivity index (χ1) is 8.41. The Labute approximate surface area is 105 Å². The molecule has 1 fully saturated rings. The van der Waals surface area contributed by atoms with Gasteiger partial charge in [-0.1, -0.05) is 6.07 Å². The number of rotatable bonds is 2. The zero-order valence-electron chi connectivity index (χ0n) is 9.80. The Morgan fingerprint density at radius 2 is 1.83 bits per heavy atom. The van der Waals surface area contributed by atoms with E-state index in [0.29, 0.717) is 30.0 Å². The van der Waals surface area contributed by atoms with Crippen LogP contribution in [0.4, 0.5) is 11.4 Å². The van der Waals surface area contributed by atoms with E-state index < -0.39 is 15.7 Å². The summed E-state index contributed by atoms with van der Waals surface area (Å²) in [5.74, 6) is -0.426. The highest BCUT2D eigenvalue weighted by molar-refractivity contribution is 7.91. The lowest BCUT2D eigenvalue weighted by Gasteiger charge is -2.30. The van der Waals surface area contributed by atoms with Gasteiger partial charge in [0.1, 0.15) is 0 Å². The van der Waals surface area contributed by atoms with Crippen molar-refractivity contribution in [3.63, 3.8) is 0 Å². The fourth-order valence-electron chi connectivity index (χ4n) is 2.05. The van der Waals surface area contributed by atoms with E-state index in [2.05, 4.69) is 0 Å². The highest BCUT2D eigenvalue weighted by Crippen LogP contribution is 2.28. The van der Waals surface area contributed by atoms with E-state index in [1.54, 1.807) is 23.1 Å². The molecule has 1 aromatic rings. The third-order valence-electron chi connectivity index (χ3n) is 2.99. The molecule has 4 N–H and O–H groups in total. The molecule has 1 aliphatic rings. The maximum Gasteiger partial charge on any atom is 0.250 e. The molecule has 1 aromatic carbocycles. The summed E-state index contributed by atoms with van der Waals surface area (Å²) in [5, 5.41) is 0. The van der Waals surface area contributed by atoms with Crippen molar-refractivity contribution in [1.82, 2.24) is 0 Å². The molecule has 0 saturated carbocycles. The molecule has 2 rings (SSSR count). The van der Waals surface area contributed by atoms with Crippen LogP contribution in [-0.2, 0) is 9.84 Å². The lowest BCUT2D eigenvalue weighted by atomic mass is 10.1. The van der Waals surface area contributed by atoms with Gasteiger partial charge in [-0.25, -0.2) is 8.42 Å². The molecule has 0 radical (unpaired) electrons. The van der Waals surface area contributed by atoms with Crippen molar-refractivity contribution in [2.75, 3.05) is 35.2 Å². The summed E-state index contributed by atoms with van der Waals surface area (Å²) in [5.41, 5.74) is 12.5. The van der Waals surface area contributed by atoms with E-state index >= 15 is 0 Å². The Balaban J connectivity index is 2.37. The van der Waals surface area contributed by atoms with Crippen molar-refractivity contribution in [2.24, 2.45) is 5.73 Å². The Morgan fingerprint density at radius 1 is 1.22 bits per heavy atom. The Morgan fingerprint density at radius 3 is 2.39 bits per heavy atom. The lowest BCUT2D eigenvalue weighted by molar-refractivity contribution is 0.100. The molecule has 0 spiro atoms. The second-order valence-corrected chi connectivity index (χ2v) is 6.55. The highest BCUT2D eigenvalue weighted by atomic mass is 32.2. The van der Waals surface area contributed by atoms with E-state index in [1.165, 1.54) is 0 Å². The van der Waals surface area contributed by atoms with Crippen molar-refractivity contribution >= 4 is 27.1 Å². The number of nitrogens with zero attached hydrogens (tertiary/aromatic N) is 1. The predicted octanol–water partition coefficient (Wildman–Crippen LogP) is -0.397. The Hall–Kier alpha value is -1.76. The number of para-hydroxylation sites is 1. The minimum Gasteiger partial charge on any atom is -0.397 e. The third kappa shape index (κ3) is 2.40. The molecule has 1 amide bonds. The fourth-order valence-corrected chi connectivity index (χ4v) is 3.25. The molecule has 1 saturated heterocycles. The van der Waals surface area contributed by atoms with Crippen LogP contribution >= 0.6 is 0 Å². The molecule has 18 heavy (non-hydrogen) atoms. The van der Waals surface area contributed by atoms with E-state index in [1.807, 2.05) is 0 Å². The van der Waals surface area contributed by atoms with Crippen LogP contribution in [0.25, 0.3) is 0 Å². The van der Waals surface area contributed by atoms with Crippen molar-refractivity contribution in [3.05, 3.63) is 23.8 Å². The molecule has 0 unspecified atom stereocenters. The lowest BCUT2D eigenvalue weighted by Crippen LogP contribution is -2.41. The van der Waals surface area contributed by atoms with Gasteiger partial charge in [-0.15, -0.1) is 0 Å². The average Bonchev–Trinajstić information content (AvgIpc) is 2.29. The first-order valence-electron chi connectivity index (χ1n) is 5.54. The van der Waals surface area contributed by atoms with Gasteiger partial charge in [-0.3, -0.25) is 4.79 Å². The molecule has 6 nitrogen and oxygen atoms in total. The molecular formula is C11H15N3O3S. The Kier molecular flexibility index (Phi) is 3.16. The molecule has 0 atom stereocenters. The zero-order chi connectivity index (χ0) is 13.3. The third-order valence-corrected chi connectivity index (χ3v) is 4.60. The number of anilines is 2. The smallest absolute Gasteiger partial charge is 0.250 e. The summed E-state index contributed by atoms with van der Waals surface area (Å²) in [6.45, 7) is 0.660. The topological polar surface area (TPSA) is 106 Å². The summed E-state index contributed by atoms with van der Waals surface area (Å²) in [6, 6.07) is 4.92. The van der Waals surface area contributed by atoms with Gasteiger partial charge in [0.25, 0.3) is 5.91 Å². The molecule has 0 bridgehead atoms. The largest absolute Gasteiger partial charge is 0.397 e. The first-order valence-corrected chi connectivity index (χ1v) is 7.36. The van der Waals surface area contributed by atoms with Crippen molar-refractivity contribution in [3.8, 4) is 0 Å². The molecular weight excluding hydrogens is 254 g/mol. The number of carbonyl (C=O) groups is 1. The SMILES string of the molecule is NC(=O)c1cccc(N)c1N1CCS(=O)(=O)CC1. The maximum absolute atomic E-state index is 11.4. The highest BCUT2D eigenvalue weighted by Gasteiger charge is 2.25. The number of hydrogen-bond acceptors (Lipinski definition) is 5.